The molecule has 0 bridgehead atoms. The molecule has 2 aromatic carbocycles. The van der Waals surface area contributed by atoms with Crippen molar-refractivity contribution in [1.29, 1.82) is 0 Å². The van der Waals surface area contributed by atoms with Crippen LogP contribution in [0.15, 0.2) is 53.0 Å². The maximum absolute atomic E-state index is 12.6. The van der Waals surface area contributed by atoms with E-state index in [-0.39, 0.29) is 24.7 Å². The number of carbonyl (C=O) groups excluding carboxylic acids is 2. The lowest BCUT2D eigenvalue weighted by Gasteiger charge is -2.29. The highest BCUT2D eigenvalue weighted by molar-refractivity contribution is 9.10. The fourth-order valence-corrected chi connectivity index (χ4v) is 3.35. The van der Waals surface area contributed by atoms with Crippen LogP contribution in [0.5, 0.6) is 5.75 Å². The summed E-state index contributed by atoms with van der Waals surface area (Å²) in [6, 6.07) is 15.3. The van der Waals surface area contributed by atoms with Crippen LogP contribution in [0.3, 0.4) is 0 Å². The Bertz CT molecular complexity index is 809. The van der Waals surface area contributed by atoms with Crippen LogP contribution in [0.2, 0.25) is 0 Å². The zero-order valence-electron chi connectivity index (χ0n) is 14.7. The molecular weight excluding hydrogens is 396 g/mol. The Labute approximate surface area is 161 Å². The lowest BCUT2D eigenvalue weighted by Crippen LogP contribution is -2.38. The predicted octanol–water partition coefficient (Wildman–Crippen LogP) is 3.61. The van der Waals surface area contributed by atoms with E-state index in [0.717, 1.165) is 15.7 Å². The number of nitrogens with zero attached hydrogens (tertiary/aromatic N) is 2. The van der Waals surface area contributed by atoms with Gasteiger partial charge in [-0.2, -0.15) is 0 Å². The largest absolute Gasteiger partial charge is 0.490 e. The molecule has 0 aliphatic carbocycles. The Morgan fingerprint density at radius 3 is 2.65 bits per heavy atom. The molecule has 136 valence electrons. The minimum absolute atomic E-state index is 0.0457. The number of amides is 2. The molecule has 3 rings (SSSR count). The van der Waals surface area contributed by atoms with Crippen molar-refractivity contribution in [3.05, 3.63) is 58.6 Å². The van der Waals surface area contributed by atoms with Crippen molar-refractivity contribution >= 4 is 33.4 Å². The number of hydrogen-bond donors (Lipinski definition) is 0. The topological polar surface area (TPSA) is 49.9 Å². The lowest BCUT2D eigenvalue weighted by atomic mass is 10.2. The van der Waals surface area contributed by atoms with Crippen molar-refractivity contribution in [2.24, 2.45) is 0 Å². The molecule has 0 radical (unpaired) electrons. The van der Waals surface area contributed by atoms with Crippen molar-refractivity contribution in [1.82, 2.24) is 4.90 Å². The van der Waals surface area contributed by atoms with Crippen molar-refractivity contribution < 1.29 is 14.3 Å². The average molecular weight is 417 g/mol. The summed E-state index contributed by atoms with van der Waals surface area (Å²) >= 11 is 3.49. The Hall–Kier alpha value is -2.34. The molecule has 1 aliphatic heterocycles. The standard InChI is InChI=1S/C20H21BrN2O3/c1-22(14-15-6-2-3-7-16(15)21)19(24)10-11-20(25)23-12-13-26-18-9-5-4-8-17(18)23/h2-9H,10-14H2,1H3. The SMILES string of the molecule is CN(Cc1ccccc1Br)C(=O)CCC(=O)N1CCOc2ccccc21. The molecule has 0 aromatic heterocycles. The van der Waals surface area contributed by atoms with Gasteiger partial charge >= 0.3 is 0 Å². The Morgan fingerprint density at radius 2 is 1.85 bits per heavy atom. The van der Waals surface area contributed by atoms with E-state index in [2.05, 4.69) is 15.9 Å². The van der Waals surface area contributed by atoms with Crippen LogP contribution in [0.4, 0.5) is 5.69 Å². The van der Waals surface area contributed by atoms with Gasteiger partial charge in [-0.05, 0) is 23.8 Å². The number of halogens is 1. The van der Waals surface area contributed by atoms with Gasteiger partial charge in [0.25, 0.3) is 0 Å². The molecule has 5 nitrogen and oxygen atoms in total. The number of ether oxygens (including phenoxy) is 1. The molecule has 0 fully saturated rings. The van der Waals surface area contributed by atoms with E-state index in [4.69, 9.17) is 4.74 Å². The van der Waals surface area contributed by atoms with Gasteiger partial charge in [-0.1, -0.05) is 46.3 Å². The van der Waals surface area contributed by atoms with Gasteiger partial charge < -0.3 is 14.5 Å². The van der Waals surface area contributed by atoms with E-state index >= 15 is 0 Å². The van der Waals surface area contributed by atoms with Gasteiger partial charge in [-0.25, -0.2) is 0 Å². The summed E-state index contributed by atoms with van der Waals surface area (Å²) in [4.78, 5) is 28.4. The first-order valence-electron chi connectivity index (χ1n) is 8.56. The Balaban J connectivity index is 1.56. The molecule has 1 aliphatic rings. The van der Waals surface area contributed by atoms with Crippen LogP contribution in [-0.2, 0) is 16.1 Å². The number of carbonyl (C=O) groups is 2. The third-order valence-electron chi connectivity index (χ3n) is 4.37. The molecule has 0 saturated heterocycles. The zero-order chi connectivity index (χ0) is 18.5. The fourth-order valence-electron chi connectivity index (χ4n) is 2.94. The van der Waals surface area contributed by atoms with E-state index in [1.165, 1.54) is 0 Å². The van der Waals surface area contributed by atoms with E-state index in [1.54, 1.807) is 16.8 Å². The van der Waals surface area contributed by atoms with Crippen LogP contribution in [0, 0.1) is 0 Å². The summed E-state index contributed by atoms with van der Waals surface area (Å²) in [5.74, 6) is 0.614. The van der Waals surface area contributed by atoms with Crippen LogP contribution < -0.4 is 9.64 Å². The Morgan fingerprint density at radius 1 is 1.12 bits per heavy atom. The summed E-state index contributed by atoms with van der Waals surface area (Å²) in [5.41, 5.74) is 1.81. The van der Waals surface area contributed by atoms with Gasteiger partial charge in [0.1, 0.15) is 12.4 Å². The number of benzene rings is 2. The van der Waals surface area contributed by atoms with Gasteiger partial charge in [-0.15, -0.1) is 0 Å². The molecule has 26 heavy (non-hydrogen) atoms. The highest BCUT2D eigenvalue weighted by atomic mass is 79.9. The van der Waals surface area contributed by atoms with Crippen molar-refractivity contribution in [2.45, 2.75) is 19.4 Å². The highest BCUT2D eigenvalue weighted by Gasteiger charge is 2.24. The molecule has 0 atom stereocenters. The molecule has 0 spiro atoms. The molecule has 2 aromatic rings. The van der Waals surface area contributed by atoms with E-state index in [0.29, 0.717) is 25.4 Å². The van der Waals surface area contributed by atoms with Gasteiger partial charge in [0.15, 0.2) is 0 Å². The maximum atomic E-state index is 12.6. The highest BCUT2D eigenvalue weighted by Crippen LogP contribution is 2.31. The summed E-state index contributed by atoms with van der Waals surface area (Å²) in [6.45, 7) is 1.49. The maximum Gasteiger partial charge on any atom is 0.227 e. The molecular formula is C20H21BrN2O3. The van der Waals surface area contributed by atoms with Gasteiger partial charge in [0.2, 0.25) is 11.8 Å². The van der Waals surface area contributed by atoms with Gasteiger partial charge in [0, 0.05) is 30.9 Å². The summed E-state index contributed by atoms with van der Waals surface area (Å²) in [5, 5.41) is 0. The van der Waals surface area contributed by atoms with E-state index in [1.807, 2.05) is 48.5 Å². The Kier molecular flexibility index (Phi) is 5.93. The summed E-state index contributed by atoms with van der Waals surface area (Å²) < 4.78 is 6.54. The first-order chi connectivity index (χ1) is 12.6. The minimum atomic E-state index is -0.0524. The number of anilines is 1. The smallest absolute Gasteiger partial charge is 0.227 e. The van der Waals surface area contributed by atoms with Crippen LogP contribution in [-0.4, -0.2) is 36.9 Å². The summed E-state index contributed by atoms with van der Waals surface area (Å²) in [6.07, 6.45) is 0.382. The van der Waals surface area contributed by atoms with Gasteiger partial charge in [0.05, 0.1) is 12.2 Å². The minimum Gasteiger partial charge on any atom is -0.490 e. The lowest BCUT2D eigenvalue weighted by molar-refractivity contribution is -0.132. The summed E-state index contributed by atoms with van der Waals surface area (Å²) in [7, 11) is 1.76. The third kappa shape index (κ3) is 4.25. The number of para-hydroxylation sites is 2. The second kappa shape index (κ2) is 8.36. The molecule has 0 saturated carbocycles. The third-order valence-corrected chi connectivity index (χ3v) is 5.15. The van der Waals surface area contributed by atoms with Crippen LogP contribution in [0.25, 0.3) is 0 Å². The second-order valence-electron chi connectivity index (χ2n) is 6.20. The fraction of sp³-hybridized carbons (Fsp3) is 0.300. The van der Waals surface area contributed by atoms with Gasteiger partial charge in [-0.3, -0.25) is 9.59 Å². The molecule has 6 heteroatoms. The zero-order valence-corrected chi connectivity index (χ0v) is 16.2. The number of hydrogen-bond acceptors (Lipinski definition) is 3. The van der Waals surface area contributed by atoms with Crippen molar-refractivity contribution in [3.8, 4) is 5.75 Å². The predicted molar refractivity (Wildman–Crippen MR) is 104 cm³/mol. The van der Waals surface area contributed by atoms with E-state index in [9.17, 15) is 9.59 Å². The number of fused-ring (bicyclic) bond motifs is 1. The molecule has 2 amide bonds. The second-order valence-corrected chi connectivity index (χ2v) is 7.06. The van der Waals surface area contributed by atoms with Crippen LogP contribution in [0.1, 0.15) is 18.4 Å². The van der Waals surface area contributed by atoms with Crippen molar-refractivity contribution in [3.63, 3.8) is 0 Å². The quantitative estimate of drug-likeness (QED) is 0.747. The first-order valence-corrected chi connectivity index (χ1v) is 9.35. The average Bonchev–Trinajstić information content (AvgIpc) is 2.67. The monoisotopic (exact) mass is 416 g/mol. The van der Waals surface area contributed by atoms with E-state index < -0.39 is 0 Å². The van der Waals surface area contributed by atoms with Crippen molar-refractivity contribution in [2.75, 3.05) is 25.1 Å². The molecule has 1 heterocycles. The van der Waals surface area contributed by atoms with Crippen LogP contribution >= 0.6 is 15.9 Å². The molecule has 0 N–H and O–H groups in total. The molecule has 0 unspecified atom stereocenters. The number of rotatable bonds is 5. The first kappa shape index (κ1) is 18.5. The normalized spacial score (nSPS) is 12.9.